The molecule has 3 rings (SSSR count). The number of nitrogens with two attached hydrogens (primary N) is 1. The van der Waals surface area contributed by atoms with Crippen LogP contribution in [0.25, 0.3) is 0 Å². The second kappa shape index (κ2) is 5.74. The van der Waals surface area contributed by atoms with Crippen LogP contribution in [0.2, 0.25) is 0 Å². The highest BCUT2D eigenvalue weighted by Crippen LogP contribution is 2.38. The number of aromatic nitrogens is 1. The Morgan fingerprint density at radius 3 is 2.48 bits per heavy atom. The lowest BCUT2D eigenvalue weighted by atomic mass is 9.96. The van der Waals surface area contributed by atoms with Gasteiger partial charge in [-0.3, -0.25) is 0 Å². The zero-order valence-electron chi connectivity index (χ0n) is 12.7. The van der Waals surface area contributed by atoms with Gasteiger partial charge in [0.1, 0.15) is 4.90 Å². The smallest absolute Gasteiger partial charge is 0.244 e. The normalized spacial score (nSPS) is 21.1. The Kier molecular flexibility index (Phi) is 4.12. The van der Waals surface area contributed by atoms with Crippen molar-refractivity contribution in [2.45, 2.75) is 68.5 Å². The molecule has 1 heterocycles. The number of hydrogen-bond acceptors (Lipinski definition) is 3. The van der Waals surface area contributed by atoms with E-state index in [1.54, 1.807) is 23.6 Å². The molecule has 0 aliphatic heterocycles. The monoisotopic (exact) mass is 311 g/mol. The molecular formula is C15H25N3O2S. The molecule has 2 N–H and O–H groups in total. The van der Waals surface area contributed by atoms with Crippen molar-refractivity contribution in [3.63, 3.8) is 0 Å². The van der Waals surface area contributed by atoms with Gasteiger partial charge < -0.3 is 10.3 Å². The van der Waals surface area contributed by atoms with Crippen LogP contribution in [0.5, 0.6) is 0 Å². The van der Waals surface area contributed by atoms with E-state index in [0.717, 1.165) is 44.2 Å². The molecule has 0 amide bonds. The molecule has 2 saturated carbocycles. The Morgan fingerprint density at radius 2 is 1.90 bits per heavy atom. The summed E-state index contributed by atoms with van der Waals surface area (Å²) < 4.78 is 29.3. The summed E-state index contributed by atoms with van der Waals surface area (Å²) in [5.41, 5.74) is 6.69. The molecule has 2 fully saturated rings. The summed E-state index contributed by atoms with van der Waals surface area (Å²) in [6.07, 6.45) is 9.46. The van der Waals surface area contributed by atoms with E-state index < -0.39 is 10.0 Å². The summed E-state index contributed by atoms with van der Waals surface area (Å²) in [6.45, 7) is 0.388. The van der Waals surface area contributed by atoms with Crippen molar-refractivity contribution in [2.75, 3.05) is 7.05 Å². The first-order valence-electron chi connectivity index (χ1n) is 7.93. The number of sulfonamides is 1. The van der Waals surface area contributed by atoms with Gasteiger partial charge in [-0.25, -0.2) is 8.42 Å². The van der Waals surface area contributed by atoms with Crippen LogP contribution in [-0.4, -0.2) is 30.4 Å². The first-order chi connectivity index (χ1) is 10.0. The van der Waals surface area contributed by atoms with Crippen molar-refractivity contribution in [3.05, 3.63) is 18.0 Å². The fourth-order valence-corrected chi connectivity index (χ4v) is 4.77. The average molecular weight is 311 g/mol. The maximum atomic E-state index is 12.8. The zero-order chi connectivity index (χ0) is 15.0. The van der Waals surface area contributed by atoms with E-state index in [-0.39, 0.29) is 6.04 Å². The van der Waals surface area contributed by atoms with E-state index in [9.17, 15) is 8.42 Å². The molecule has 1 aromatic rings. The van der Waals surface area contributed by atoms with Crippen molar-refractivity contribution < 1.29 is 8.42 Å². The lowest BCUT2D eigenvalue weighted by Crippen LogP contribution is -2.38. The van der Waals surface area contributed by atoms with Crippen LogP contribution in [0.1, 0.15) is 56.7 Å². The van der Waals surface area contributed by atoms with Crippen LogP contribution in [0.4, 0.5) is 0 Å². The Hall–Kier alpha value is -0.850. The van der Waals surface area contributed by atoms with Crippen molar-refractivity contribution in [3.8, 4) is 0 Å². The standard InChI is InChI=1S/C15H25N3O2S/c1-17(12-5-3-2-4-6-12)21(19,20)15-9-14(10-16)18(11-15)13-7-8-13/h9,11-13H,2-8,10,16H2,1H3. The highest BCUT2D eigenvalue weighted by molar-refractivity contribution is 7.89. The van der Waals surface area contributed by atoms with Gasteiger partial charge in [0.2, 0.25) is 10.0 Å². The second-order valence-electron chi connectivity index (χ2n) is 6.32. The number of rotatable bonds is 5. The van der Waals surface area contributed by atoms with Gasteiger partial charge in [-0.2, -0.15) is 4.31 Å². The molecule has 0 bridgehead atoms. The summed E-state index contributed by atoms with van der Waals surface area (Å²) >= 11 is 0. The third-order valence-corrected chi connectivity index (χ3v) is 6.70. The molecule has 6 heteroatoms. The van der Waals surface area contributed by atoms with Crippen LogP contribution in [-0.2, 0) is 16.6 Å². The third-order valence-electron chi connectivity index (χ3n) is 4.82. The van der Waals surface area contributed by atoms with Gasteiger partial charge in [0.25, 0.3) is 0 Å². The minimum absolute atomic E-state index is 0.148. The fourth-order valence-electron chi connectivity index (χ4n) is 3.30. The number of hydrogen-bond donors (Lipinski definition) is 1. The average Bonchev–Trinajstić information content (AvgIpc) is 3.25. The minimum atomic E-state index is -3.40. The minimum Gasteiger partial charge on any atom is -0.346 e. The van der Waals surface area contributed by atoms with Crippen LogP contribution >= 0.6 is 0 Å². The second-order valence-corrected chi connectivity index (χ2v) is 8.32. The third kappa shape index (κ3) is 2.89. The molecule has 2 aliphatic rings. The summed E-state index contributed by atoms with van der Waals surface area (Å²) in [6, 6.07) is 2.36. The van der Waals surface area contributed by atoms with Gasteiger partial charge >= 0.3 is 0 Å². The van der Waals surface area contributed by atoms with Gasteiger partial charge in [-0.05, 0) is 31.7 Å². The van der Waals surface area contributed by atoms with Crippen LogP contribution in [0.15, 0.2) is 17.2 Å². The van der Waals surface area contributed by atoms with Gasteiger partial charge in [0.15, 0.2) is 0 Å². The Bertz CT molecular complexity index is 598. The number of nitrogens with zero attached hydrogens (tertiary/aromatic N) is 2. The van der Waals surface area contributed by atoms with E-state index in [2.05, 4.69) is 4.57 Å². The summed E-state index contributed by atoms with van der Waals surface area (Å²) in [4.78, 5) is 0.405. The molecule has 0 unspecified atom stereocenters. The maximum absolute atomic E-state index is 12.8. The van der Waals surface area contributed by atoms with Crippen molar-refractivity contribution in [1.29, 1.82) is 0 Å². The van der Waals surface area contributed by atoms with Gasteiger partial charge in [0, 0.05) is 37.6 Å². The Morgan fingerprint density at radius 1 is 1.24 bits per heavy atom. The highest BCUT2D eigenvalue weighted by atomic mass is 32.2. The quantitative estimate of drug-likeness (QED) is 0.906. The topological polar surface area (TPSA) is 68.3 Å². The summed E-state index contributed by atoms with van der Waals surface area (Å²) in [5.74, 6) is 0. The van der Waals surface area contributed by atoms with E-state index in [1.807, 2.05) is 0 Å². The molecule has 21 heavy (non-hydrogen) atoms. The van der Waals surface area contributed by atoms with Gasteiger partial charge in [0.05, 0.1) is 0 Å². The molecule has 0 saturated heterocycles. The zero-order valence-corrected chi connectivity index (χ0v) is 13.5. The Labute approximate surface area is 127 Å². The lowest BCUT2D eigenvalue weighted by Gasteiger charge is -2.30. The summed E-state index contributed by atoms with van der Waals surface area (Å²) in [7, 11) is -1.68. The molecule has 118 valence electrons. The van der Waals surface area contributed by atoms with E-state index in [4.69, 9.17) is 5.73 Å². The van der Waals surface area contributed by atoms with E-state index in [0.29, 0.717) is 17.5 Å². The first kappa shape index (κ1) is 15.1. The maximum Gasteiger partial charge on any atom is 0.244 e. The van der Waals surface area contributed by atoms with Gasteiger partial charge in [-0.1, -0.05) is 19.3 Å². The van der Waals surface area contributed by atoms with Crippen molar-refractivity contribution in [1.82, 2.24) is 8.87 Å². The van der Waals surface area contributed by atoms with Gasteiger partial charge in [-0.15, -0.1) is 0 Å². The lowest BCUT2D eigenvalue weighted by molar-refractivity contribution is 0.286. The molecular weight excluding hydrogens is 286 g/mol. The molecule has 2 aliphatic carbocycles. The van der Waals surface area contributed by atoms with E-state index >= 15 is 0 Å². The molecule has 0 radical (unpaired) electrons. The molecule has 0 aromatic carbocycles. The van der Waals surface area contributed by atoms with Crippen LogP contribution in [0.3, 0.4) is 0 Å². The SMILES string of the molecule is CN(C1CCCCC1)S(=O)(=O)c1cc(CN)n(C2CC2)c1. The van der Waals surface area contributed by atoms with E-state index in [1.165, 1.54) is 6.42 Å². The highest BCUT2D eigenvalue weighted by Gasteiger charge is 2.32. The predicted octanol–water partition coefficient (Wildman–Crippen LogP) is 2.23. The molecule has 1 aromatic heterocycles. The predicted molar refractivity (Wildman–Crippen MR) is 82.4 cm³/mol. The first-order valence-corrected chi connectivity index (χ1v) is 9.37. The Balaban J connectivity index is 1.86. The fraction of sp³-hybridized carbons (Fsp3) is 0.733. The van der Waals surface area contributed by atoms with Crippen LogP contribution < -0.4 is 5.73 Å². The van der Waals surface area contributed by atoms with Crippen molar-refractivity contribution >= 4 is 10.0 Å². The molecule has 5 nitrogen and oxygen atoms in total. The molecule has 0 spiro atoms. The van der Waals surface area contributed by atoms with Crippen LogP contribution in [0, 0.1) is 0 Å². The molecule has 0 atom stereocenters. The summed E-state index contributed by atoms with van der Waals surface area (Å²) in [5, 5.41) is 0. The largest absolute Gasteiger partial charge is 0.346 e. The van der Waals surface area contributed by atoms with Crippen molar-refractivity contribution in [2.24, 2.45) is 5.73 Å².